The molecule has 1 aliphatic carbocycles. The molecule has 0 aliphatic heterocycles. The normalized spacial score (nSPS) is 25.7. The van der Waals surface area contributed by atoms with Crippen LogP contribution < -0.4 is 5.32 Å². The summed E-state index contributed by atoms with van der Waals surface area (Å²) < 4.78 is 0. The molecule has 0 aromatic carbocycles. The van der Waals surface area contributed by atoms with Crippen LogP contribution in [-0.4, -0.2) is 35.0 Å². The molecule has 0 aromatic heterocycles. The minimum absolute atomic E-state index is 0.0108. The molecule has 96 valence electrons. The molecule has 1 saturated carbocycles. The zero-order chi connectivity index (χ0) is 12.2. The molecule has 3 N–H and O–H groups in total. The average Bonchev–Trinajstić information content (AvgIpc) is 2.25. The van der Waals surface area contributed by atoms with E-state index in [2.05, 4.69) is 19.2 Å². The highest BCUT2D eigenvalue weighted by atomic mass is 16.3. The standard InChI is InChI=1S/C13H27NO2/c1-4-13(9-15,10-16)14-11-6-5-7-12(2,3)8-11/h11,14-16H,4-10H2,1-3H3. The van der Waals surface area contributed by atoms with Crippen molar-refractivity contribution in [1.82, 2.24) is 5.32 Å². The number of aliphatic hydroxyl groups is 2. The molecule has 1 atom stereocenters. The second kappa shape index (κ2) is 5.48. The topological polar surface area (TPSA) is 52.5 Å². The number of nitrogens with one attached hydrogen (secondary N) is 1. The number of hydrogen-bond acceptors (Lipinski definition) is 3. The first-order valence-corrected chi connectivity index (χ1v) is 6.46. The van der Waals surface area contributed by atoms with Gasteiger partial charge in [-0.05, 0) is 31.1 Å². The van der Waals surface area contributed by atoms with Crippen LogP contribution in [0.5, 0.6) is 0 Å². The van der Waals surface area contributed by atoms with E-state index in [9.17, 15) is 10.2 Å². The molecule has 0 aromatic rings. The predicted molar refractivity (Wildman–Crippen MR) is 66.4 cm³/mol. The van der Waals surface area contributed by atoms with Gasteiger partial charge in [-0.15, -0.1) is 0 Å². The molecule has 0 spiro atoms. The summed E-state index contributed by atoms with van der Waals surface area (Å²) in [7, 11) is 0. The number of rotatable bonds is 5. The van der Waals surface area contributed by atoms with Gasteiger partial charge in [0.15, 0.2) is 0 Å². The molecule has 1 rings (SSSR count). The smallest absolute Gasteiger partial charge is 0.0647 e. The maximum Gasteiger partial charge on any atom is 0.0647 e. The second-order valence-electron chi connectivity index (χ2n) is 6.05. The molecule has 0 amide bonds. The molecule has 1 unspecified atom stereocenters. The zero-order valence-electron chi connectivity index (χ0n) is 10.9. The Bertz CT molecular complexity index is 204. The summed E-state index contributed by atoms with van der Waals surface area (Å²) >= 11 is 0. The molecule has 0 radical (unpaired) electrons. The van der Waals surface area contributed by atoms with E-state index in [-0.39, 0.29) is 13.2 Å². The quantitative estimate of drug-likeness (QED) is 0.672. The fraction of sp³-hybridized carbons (Fsp3) is 1.00. The summed E-state index contributed by atoms with van der Waals surface area (Å²) in [4.78, 5) is 0. The van der Waals surface area contributed by atoms with Crippen LogP contribution in [0.3, 0.4) is 0 Å². The minimum Gasteiger partial charge on any atom is -0.394 e. The van der Waals surface area contributed by atoms with E-state index >= 15 is 0 Å². The molecule has 3 nitrogen and oxygen atoms in total. The van der Waals surface area contributed by atoms with Gasteiger partial charge in [0, 0.05) is 6.04 Å². The lowest BCUT2D eigenvalue weighted by Gasteiger charge is -2.41. The van der Waals surface area contributed by atoms with Crippen molar-refractivity contribution < 1.29 is 10.2 Å². The lowest BCUT2D eigenvalue weighted by atomic mass is 9.74. The van der Waals surface area contributed by atoms with E-state index in [1.54, 1.807) is 0 Å². The molecule has 1 aliphatic rings. The third-order valence-electron chi connectivity index (χ3n) is 4.00. The Morgan fingerprint density at radius 2 is 1.94 bits per heavy atom. The van der Waals surface area contributed by atoms with Gasteiger partial charge in [0.2, 0.25) is 0 Å². The Morgan fingerprint density at radius 1 is 1.31 bits per heavy atom. The van der Waals surface area contributed by atoms with Crippen molar-refractivity contribution in [1.29, 1.82) is 0 Å². The molecular formula is C13H27NO2. The third-order valence-corrected chi connectivity index (χ3v) is 4.00. The first-order chi connectivity index (χ1) is 7.47. The lowest BCUT2D eigenvalue weighted by Crippen LogP contribution is -2.56. The highest BCUT2D eigenvalue weighted by Gasteiger charge is 2.34. The van der Waals surface area contributed by atoms with E-state index < -0.39 is 5.54 Å². The van der Waals surface area contributed by atoms with Crippen molar-refractivity contribution in [3.05, 3.63) is 0 Å². The van der Waals surface area contributed by atoms with Gasteiger partial charge in [-0.2, -0.15) is 0 Å². The van der Waals surface area contributed by atoms with Crippen molar-refractivity contribution in [3.8, 4) is 0 Å². The SMILES string of the molecule is CCC(CO)(CO)NC1CCCC(C)(C)C1. The van der Waals surface area contributed by atoms with E-state index in [0.717, 1.165) is 19.3 Å². The molecule has 0 saturated heterocycles. The molecule has 16 heavy (non-hydrogen) atoms. The molecule has 0 bridgehead atoms. The van der Waals surface area contributed by atoms with Gasteiger partial charge < -0.3 is 15.5 Å². The summed E-state index contributed by atoms with van der Waals surface area (Å²) in [6.45, 7) is 6.62. The lowest BCUT2D eigenvalue weighted by molar-refractivity contribution is 0.0611. The first kappa shape index (κ1) is 13.9. The zero-order valence-corrected chi connectivity index (χ0v) is 10.9. The van der Waals surface area contributed by atoms with Crippen LogP contribution in [0, 0.1) is 5.41 Å². The van der Waals surface area contributed by atoms with Crippen LogP contribution in [0.15, 0.2) is 0 Å². The van der Waals surface area contributed by atoms with Gasteiger partial charge >= 0.3 is 0 Å². The van der Waals surface area contributed by atoms with E-state index in [0.29, 0.717) is 11.5 Å². The van der Waals surface area contributed by atoms with Crippen LogP contribution in [-0.2, 0) is 0 Å². The van der Waals surface area contributed by atoms with Gasteiger partial charge in [-0.25, -0.2) is 0 Å². The molecular weight excluding hydrogens is 202 g/mol. The van der Waals surface area contributed by atoms with E-state index in [1.807, 2.05) is 6.92 Å². The van der Waals surface area contributed by atoms with Crippen molar-refractivity contribution in [2.75, 3.05) is 13.2 Å². The minimum atomic E-state index is -0.488. The molecule has 1 fully saturated rings. The predicted octanol–water partition coefficient (Wildman–Crippen LogP) is 1.68. The summed E-state index contributed by atoms with van der Waals surface area (Å²) in [5.74, 6) is 0. The van der Waals surface area contributed by atoms with Crippen LogP contribution in [0.2, 0.25) is 0 Å². The summed E-state index contributed by atoms with van der Waals surface area (Å²) in [5, 5.41) is 22.3. The highest BCUT2D eigenvalue weighted by Crippen LogP contribution is 2.35. The van der Waals surface area contributed by atoms with Gasteiger partial charge in [0.25, 0.3) is 0 Å². The maximum absolute atomic E-state index is 9.41. The van der Waals surface area contributed by atoms with Crippen molar-refractivity contribution in [2.45, 2.75) is 64.5 Å². The highest BCUT2D eigenvalue weighted by molar-refractivity contribution is 4.92. The Kier molecular flexibility index (Phi) is 4.77. The van der Waals surface area contributed by atoms with E-state index in [4.69, 9.17) is 0 Å². The Balaban J connectivity index is 2.58. The van der Waals surface area contributed by atoms with Gasteiger partial charge in [-0.3, -0.25) is 0 Å². The summed E-state index contributed by atoms with van der Waals surface area (Å²) in [5.41, 5.74) is -0.0988. The first-order valence-electron chi connectivity index (χ1n) is 6.46. The Labute approximate surface area is 99.3 Å². The fourth-order valence-corrected chi connectivity index (χ4v) is 2.72. The van der Waals surface area contributed by atoms with Crippen molar-refractivity contribution in [2.24, 2.45) is 5.41 Å². The van der Waals surface area contributed by atoms with Crippen LogP contribution in [0.1, 0.15) is 52.9 Å². The average molecular weight is 229 g/mol. The third kappa shape index (κ3) is 3.44. The summed E-state index contributed by atoms with van der Waals surface area (Å²) in [6, 6.07) is 0.433. The number of hydrogen-bond donors (Lipinski definition) is 3. The molecule has 3 heteroatoms. The van der Waals surface area contributed by atoms with Crippen LogP contribution in [0.25, 0.3) is 0 Å². The van der Waals surface area contributed by atoms with Gasteiger partial charge in [-0.1, -0.05) is 27.2 Å². The van der Waals surface area contributed by atoms with E-state index in [1.165, 1.54) is 12.8 Å². The van der Waals surface area contributed by atoms with Gasteiger partial charge in [0.1, 0.15) is 0 Å². The summed E-state index contributed by atoms with van der Waals surface area (Å²) in [6.07, 6.45) is 5.57. The van der Waals surface area contributed by atoms with Crippen LogP contribution in [0.4, 0.5) is 0 Å². The Morgan fingerprint density at radius 3 is 2.38 bits per heavy atom. The van der Waals surface area contributed by atoms with Crippen molar-refractivity contribution in [3.63, 3.8) is 0 Å². The van der Waals surface area contributed by atoms with Crippen molar-refractivity contribution >= 4 is 0 Å². The largest absolute Gasteiger partial charge is 0.394 e. The monoisotopic (exact) mass is 229 g/mol. The maximum atomic E-state index is 9.41. The molecule has 0 heterocycles. The van der Waals surface area contributed by atoms with Gasteiger partial charge in [0.05, 0.1) is 18.8 Å². The Hall–Kier alpha value is -0.120. The number of aliphatic hydroxyl groups excluding tert-OH is 2. The fourth-order valence-electron chi connectivity index (χ4n) is 2.72. The second-order valence-corrected chi connectivity index (χ2v) is 6.05. The van der Waals surface area contributed by atoms with Crippen LogP contribution >= 0.6 is 0 Å².